The molecule has 0 aliphatic heterocycles. The van der Waals surface area contributed by atoms with Crippen molar-refractivity contribution in [1.29, 1.82) is 0 Å². The van der Waals surface area contributed by atoms with Crippen LogP contribution in [0, 0.1) is 0 Å². The summed E-state index contributed by atoms with van der Waals surface area (Å²) in [6.07, 6.45) is -2.71. The van der Waals surface area contributed by atoms with Gasteiger partial charge in [-0.05, 0) is 18.7 Å². The second-order valence-electron chi connectivity index (χ2n) is 3.02. The van der Waals surface area contributed by atoms with Crippen LogP contribution in [-0.4, -0.2) is 17.3 Å². The van der Waals surface area contributed by atoms with E-state index in [0.717, 1.165) is 6.54 Å². The second kappa shape index (κ2) is 4.50. The van der Waals surface area contributed by atoms with E-state index in [4.69, 9.17) is 0 Å². The molecule has 0 radical (unpaired) electrons. The van der Waals surface area contributed by atoms with Gasteiger partial charge >= 0.3 is 6.18 Å². The highest BCUT2D eigenvalue weighted by Crippen LogP contribution is 2.18. The highest BCUT2D eigenvalue weighted by molar-refractivity contribution is 5.07. The molecule has 0 fully saturated rings. The van der Waals surface area contributed by atoms with Crippen LogP contribution in [-0.2, 0) is 13.1 Å². The summed E-state index contributed by atoms with van der Waals surface area (Å²) < 4.78 is 37.5. The van der Waals surface area contributed by atoms with Crippen LogP contribution >= 0.6 is 0 Å². The van der Waals surface area contributed by atoms with E-state index in [2.05, 4.69) is 5.32 Å². The van der Waals surface area contributed by atoms with Crippen LogP contribution in [0.1, 0.15) is 12.6 Å². The number of nitrogens with one attached hydrogen (secondary N) is 1. The fourth-order valence-electron chi connectivity index (χ4n) is 1.21. The molecule has 5 heteroatoms. The summed E-state index contributed by atoms with van der Waals surface area (Å²) in [5.41, 5.74) is 0.657. The number of hydrogen-bond acceptors (Lipinski definition) is 1. The number of hydrogen-bond donors (Lipinski definition) is 1. The van der Waals surface area contributed by atoms with Crippen molar-refractivity contribution >= 4 is 0 Å². The highest BCUT2D eigenvalue weighted by Gasteiger charge is 2.28. The molecule has 14 heavy (non-hydrogen) atoms. The van der Waals surface area contributed by atoms with Gasteiger partial charge in [-0.3, -0.25) is 0 Å². The Morgan fingerprint density at radius 1 is 1.43 bits per heavy atom. The normalized spacial score (nSPS) is 12.0. The fraction of sp³-hybridized carbons (Fsp3) is 0.556. The van der Waals surface area contributed by atoms with E-state index in [9.17, 15) is 13.2 Å². The van der Waals surface area contributed by atoms with Gasteiger partial charge in [0.1, 0.15) is 6.54 Å². The summed E-state index contributed by atoms with van der Waals surface area (Å²) in [6, 6.07) is 3.31. The molecule has 1 rings (SSSR count). The molecular weight excluding hydrogens is 193 g/mol. The molecule has 0 saturated heterocycles. The number of nitrogens with zero attached hydrogens (tertiary/aromatic N) is 1. The van der Waals surface area contributed by atoms with E-state index >= 15 is 0 Å². The summed E-state index contributed by atoms with van der Waals surface area (Å²) in [4.78, 5) is 0. The molecule has 1 aromatic rings. The van der Waals surface area contributed by atoms with Gasteiger partial charge in [0.05, 0.1) is 0 Å². The van der Waals surface area contributed by atoms with Crippen LogP contribution in [0.5, 0.6) is 0 Å². The topological polar surface area (TPSA) is 17.0 Å². The third-order valence-corrected chi connectivity index (χ3v) is 1.83. The van der Waals surface area contributed by atoms with Gasteiger partial charge in [0.25, 0.3) is 0 Å². The van der Waals surface area contributed by atoms with Crippen molar-refractivity contribution in [3.8, 4) is 0 Å². The van der Waals surface area contributed by atoms with Crippen molar-refractivity contribution in [2.45, 2.75) is 26.2 Å². The third kappa shape index (κ3) is 3.41. The molecule has 0 spiro atoms. The Balaban J connectivity index is 2.63. The Morgan fingerprint density at radius 3 is 2.71 bits per heavy atom. The Hall–Kier alpha value is -0.970. The summed E-state index contributed by atoms with van der Waals surface area (Å²) in [7, 11) is 0. The Bertz CT molecular complexity index is 278. The zero-order valence-electron chi connectivity index (χ0n) is 7.93. The molecule has 0 atom stereocenters. The van der Waals surface area contributed by atoms with E-state index in [-0.39, 0.29) is 0 Å². The summed E-state index contributed by atoms with van der Waals surface area (Å²) in [6.45, 7) is 2.22. The van der Waals surface area contributed by atoms with Gasteiger partial charge in [0.2, 0.25) is 0 Å². The molecule has 1 aromatic heterocycles. The summed E-state index contributed by atoms with van der Waals surface area (Å²) >= 11 is 0. The van der Waals surface area contributed by atoms with E-state index in [0.29, 0.717) is 12.2 Å². The zero-order chi connectivity index (χ0) is 10.6. The molecule has 0 bridgehead atoms. The van der Waals surface area contributed by atoms with Crippen LogP contribution in [0.25, 0.3) is 0 Å². The number of alkyl halides is 3. The van der Waals surface area contributed by atoms with Crippen LogP contribution in [0.3, 0.4) is 0 Å². The van der Waals surface area contributed by atoms with Crippen LogP contribution in [0.15, 0.2) is 18.3 Å². The molecule has 0 aromatic carbocycles. The van der Waals surface area contributed by atoms with Crippen molar-refractivity contribution in [2.75, 3.05) is 6.54 Å². The van der Waals surface area contributed by atoms with E-state index in [1.807, 2.05) is 6.92 Å². The van der Waals surface area contributed by atoms with Gasteiger partial charge in [0, 0.05) is 18.4 Å². The van der Waals surface area contributed by atoms with Crippen LogP contribution < -0.4 is 5.32 Å². The molecule has 0 aliphatic rings. The second-order valence-corrected chi connectivity index (χ2v) is 3.02. The van der Waals surface area contributed by atoms with Gasteiger partial charge in [0.15, 0.2) is 0 Å². The van der Waals surface area contributed by atoms with Crippen molar-refractivity contribution in [3.05, 3.63) is 24.0 Å². The highest BCUT2D eigenvalue weighted by atomic mass is 19.4. The van der Waals surface area contributed by atoms with Crippen LogP contribution in [0.2, 0.25) is 0 Å². The van der Waals surface area contributed by atoms with Gasteiger partial charge in [-0.1, -0.05) is 6.92 Å². The maximum absolute atomic E-state index is 12.1. The SMILES string of the molecule is CCNCc1cccn1CC(F)(F)F. The monoisotopic (exact) mass is 206 g/mol. The minimum Gasteiger partial charge on any atom is -0.341 e. The minimum atomic E-state index is -4.15. The zero-order valence-corrected chi connectivity index (χ0v) is 7.93. The lowest BCUT2D eigenvalue weighted by Crippen LogP contribution is -2.21. The lowest BCUT2D eigenvalue weighted by molar-refractivity contribution is -0.140. The van der Waals surface area contributed by atoms with E-state index in [1.165, 1.54) is 10.8 Å². The molecule has 80 valence electrons. The maximum atomic E-state index is 12.1. The number of halogens is 3. The number of rotatable bonds is 4. The van der Waals surface area contributed by atoms with E-state index < -0.39 is 12.7 Å². The average Bonchev–Trinajstić information content (AvgIpc) is 2.45. The first-order valence-corrected chi connectivity index (χ1v) is 4.44. The van der Waals surface area contributed by atoms with E-state index in [1.54, 1.807) is 12.1 Å². The van der Waals surface area contributed by atoms with Crippen molar-refractivity contribution in [1.82, 2.24) is 9.88 Å². The Morgan fingerprint density at radius 2 is 2.14 bits per heavy atom. The number of aromatic nitrogens is 1. The molecule has 1 heterocycles. The first-order valence-electron chi connectivity index (χ1n) is 4.44. The molecule has 0 amide bonds. The lowest BCUT2D eigenvalue weighted by atomic mass is 10.4. The molecular formula is C9H13F3N2. The lowest BCUT2D eigenvalue weighted by Gasteiger charge is -2.11. The maximum Gasteiger partial charge on any atom is 0.406 e. The van der Waals surface area contributed by atoms with Gasteiger partial charge in [-0.25, -0.2) is 0 Å². The smallest absolute Gasteiger partial charge is 0.341 e. The van der Waals surface area contributed by atoms with Crippen molar-refractivity contribution in [2.24, 2.45) is 0 Å². The standard InChI is InChI=1S/C9H13F3N2/c1-2-13-6-8-4-3-5-14(8)7-9(10,11)12/h3-5,13H,2,6-7H2,1H3. The first kappa shape index (κ1) is 11.1. The van der Waals surface area contributed by atoms with Gasteiger partial charge in [-0.2, -0.15) is 13.2 Å². The van der Waals surface area contributed by atoms with Crippen molar-refractivity contribution in [3.63, 3.8) is 0 Å². The predicted molar refractivity (Wildman–Crippen MR) is 47.9 cm³/mol. The van der Waals surface area contributed by atoms with Gasteiger partial charge in [-0.15, -0.1) is 0 Å². The minimum absolute atomic E-state index is 0.472. The fourth-order valence-corrected chi connectivity index (χ4v) is 1.21. The molecule has 2 nitrogen and oxygen atoms in total. The predicted octanol–water partition coefficient (Wildman–Crippen LogP) is 2.16. The largest absolute Gasteiger partial charge is 0.406 e. The molecule has 1 N–H and O–H groups in total. The van der Waals surface area contributed by atoms with Crippen LogP contribution in [0.4, 0.5) is 13.2 Å². The molecule has 0 unspecified atom stereocenters. The van der Waals surface area contributed by atoms with Crippen molar-refractivity contribution < 1.29 is 13.2 Å². The summed E-state index contributed by atoms with van der Waals surface area (Å²) in [5.74, 6) is 0. The molecule has 0 aliphatic carbocycles. The Kier molecular flexibility index (Phi) is 3.57. The van der Waals surface area contributed by atoms with Gasteiger partial charge < -0.3 is 9.88 Å². The molecule has 0 saturated carbocycles. The Labute approximate surface area is 80.7 Å². The summed E-state index contributed by atoms with van der Waals surface area (Å²) in [5, 5.41) is 2.99. The average molecular weight is 206 g/mol. The first-order chi connectivity index (χ1) is 6.53. The third-order valence-electron chi connectivity index (χ3n) is 1.83. The quantitative estimate of drug-likeness (QED) is 0.798.